The smallest absolute Gasteiger partial charge is 0.146 e. The second-order valence-electron chi connectivity index (χ2n) is 5.93. The number of hydrogen-bond donors (Lipinski definition) is 0. The van der Waals surface area contributed by atoms with Crippen molar-refractivity contribution in [1.82, 2.24) is 0 Å². The summed E-state index contributed by atoms with van der Waals surface area (Å²) in [5, 5.41) is 0. The highest BCUT2D eigenvalue weighted by Crippen LogP contribution is 2.55. The molecule has 0 aromatic carbocycles. The van der Waals surface area contributed by atoms with E-state index >= 15 is 0 Å². The van der Waals surface area contributed by atoms with Crippen LogP contribution in [0.15, 0.2) is 0 Å². The van der Waals surface area contributed by atoms with Crippen LogP contribution in [0.4, 0.5) is 0 Å². The second kappa shape index (κ2) is 6.64. The van der Waals surface area contributed by atoms with E-state index in [1.807, 2.05) is 0 Å². The van der Waals surface area contributed by atoms with Gasteiger partial charge in [0.25, 0.3) is 0 Å². The van der Waals surface area contributed by atoms with E-state index in [1.165, 1.54) is 0 Å². The largest absolute Gasteiger partial charge is 0.382 e. The van der Waals surface area contributed by atoms with E-state index in [-0.39, 0.29) is 16.7 Å². The Morgan fingerprint density at radius 2 is 1.94 bits per heavy atom. The van der Waals surface area contributed by atoms with E-state index in [1.54, 1.807) is 7.11 Å². The fourth-order valence-corrected chi connectivity index (χ4v) is 2.63. The summed E-state index contributed by atoms with van der Waals surface area (Å²) in [6.07, 6.45) is 3.09. The van der Waals surface area contributed by atoms with Crippen molar-refractivity contribution in [2.24, 2.45) is 16.7 Å². The number of carbonyl (C=O) groups is 1. The Bertz CT molecular complexity index is 265. The fraction of sp³-hybridized carbons (Fsp3) is 0.929. The third kappa shape index (κ3) is 3.31. The maximum Gasteiger partial charge on any atom is 0.146 e. The molecule has 1 aliphatic carbocycles. The van der Waals surface area contributed by atoms with Crippen LogP contribution in [-0.2, 0) is 19.0 Å². The molecule has 0 aliphatic heterocycles. The molecule has 1 rings (SSSR count). The Labute approximate surface area is 110 Å². The lowest BCUT2D eigenvalue weighted by molar-refractivity contribution is -0.120. The molecular weight excluding hydrogens is 232 g/mol. The minimum atomic E-state index is -0.0126. The third-order valence-corrected chi connectivity index (χ3v) is 4.67. The summed E-state index contributed by atoms with van der Waals surface area (Å²) in [7, 11) is 1.64. The van der Waals surface area contributed by atoms with Gasteiger partial charge in [-0.2, -0.15) is 0 Å². The van der Waals surface area contributed by atoms with Gasteiger partial charge in [-0.15, -0.1) is 0 Å². The number of rotatable bonds is 8. The Kier molecular flexibility index (Phi) is 5.76. The first-order chi connectivity index (χ1) is 8.48. The minimum Gasteiger partial charge on any atom is -0.382 e. The van der Waals surface area contributed by atoms with Gasteiger partial charge in [0.1, 0.15) is 13.1 Å². The first-order valence-electron chi connectivity index (χ1n) is 6.57. The maximum atomic E-state index is 11.1. The molecule has 4 nitrogen and oxygen atoms in total. The van der Waals surface area contributed by atoms with Gasteiger partial charge in [-0.05, 0) is 23.7 Å². The third-order valence-electron chi connectivity index (χ3n) is 4.67. The van der Waals surface area contributed by atoms with Crippen LogP contribution in [0, 0.1) is 16.7 Å². The predicted molar refractivity (Wildman–Crippen MR) is 69.3 cm³/mol. The number of methoxy groups -OCH3 is 1. The molecule has 1 aliphatic rings. The predicted octanol–water partition coefficient (Wildman–Crippen LogP) is 2.26. The monoisotopic (exact) mass is 258 g/mol. The lowest BCUT2D eigenvalue weighted by Gasteiger charge is -2.40. The minimum absolute atomic E-state index is 0.0126. The van der Waals surface area contributed by atoms with Crippen molar-refractivity contribution in [2.45, 2.75) is 33.6 Å². The lowest BCUT2D eigenvalue weighted by Crippen LogP contribution is -2.38. The van der Waals surface area contributed by atoms with Gasteiger partial charge in [-0.25, -0.2) is 0 Å². The molecule has 1 unspecified atom stereocenters. The average molecular weight is 258 g/mol. The Morgan fingerprint density at radius 1 is 1.22 bits per heavy atom. The Morgan fingerprint density at radius 3 is 2.50 bits per heavy atom. The molecule has 1 fully saturated rings. The highest BCUT2D eigenvalue weighted by molar-refractivity contribution is 5.56. The molecular formula is C14H26O4. The fourth-order valence-electron chi connectivity index (χ4n) is 2.63. The molecule has 18 heavy (non-hydrogen) atoms. The van der Waals surface area contributed by atoms with Gasteiger partial charge in [0.2, 0.25) is 0 Å². The van der Waals surface area contributed by atoms with Crippen LogP contribution >= 0.6 is 0 Å². The zero-order chi connectivity index (χ0) is 13.6. The molecule has 0 amide bonds. The van der Waals surface area contributed by atoms with Crippen LogP contribution in [0.5, 0.6) is 0 Å². The van der Waals surface area contributed by atoms with Crippen molar-refractivity contribution in [3.8, 4) is 0 Å². The zero-order valence-corrected chi connectivity index (χ0v) is 12.0. The summed E-state index contributed by atoms with van der Waals surface area (Å²) in [5.74, 6) is 0.139. The van der Waals surface area contributed by atoms with Crippen molar-refractivity contribution in [1.29, 1.82) is 0 Å². The van der Waals surface area contributed by atoms with Crippen molar-refractivity contribution in [3.63, 3.8) is 0 Å². The van der Waals surface area contributed by atoms with Crippen molar-refractivity contribution >= 4 is 6.29 Å². The summed E-state index contributed by atoms with van der Waals surface area (Å²) >= 11 is 0. The SMILES string of the molecule is COCCOCOCC1(C)CC[C@H](C=O)C1(C)C. The van der Waals surface area contributed by atoms with Crippen LogP contribution in [0.2, 0.25) is 0 Å². The average Bonchev–Trinajstić information content (AvgIpc) is 2.55. The van der Waals surface area contributed by atoms with E-state index in [2.05, 4.69) is 20.8 Å². The van der Waals surface area contributed by atoms with E-state index in [0.29, 0.717) is 26.6 Å². The summed E-state index contributed by atoms with van der Waals surface area (Å²) in [6, 6.07) is 0. The van der Waals surface area contributed by atoms with Gasteiger partial charge in [-0.1, -0.05) is 20.8 Å². The zero-order valence-electron chi connectivity index (χ0n) is 12.0. The lowest BCUT2D eigenvalue weighted by atomic mass is 9.66. The van der Waals surface area contributed by atoms with Gasteiger partial charge in [-0.3, -0.25) is 0 Å². The molecule has 0 radical (unpaired) electrons. The normalized spacial score (nSPS) is 30.6. The summed E-state index contributed by atoms with van der Waals surface area (Å²) < 4.78 is 15.8. The van der Waals surface area contributed by atoms with Crippen molar-refractivity contribution in [3.05, 3.63) is 0 Å². The molecule has 2 atom stereocenters. The van der Waals surface area contributed by atoms with Gasteiger partial charge < -0.3 is 19.0 Å². The van der Waals surface area contributed by atoms with E-state index in [4.69, 9.17) is 14.2 Å². The molecule has 106 valence electrons. The van der Waals surface area contributed by atoms with E-state index < -0.39 is 0 Å². The molecule has 0 N–H and O–H groups in total. The Hall–Kier alpha value is -0.450. The number of aldehydes is 1. The Balaban J connectivity index is 2.34. The number of ether oxygens (including phenoxy) is 3. The first-order valence-corrected chi connectivity index (χ1v) is 6.57. The van der Waals surface area contributed by atoms with Gasteiger partial charge in [0.05, 0.1) is 19.8 Å². The van der Waals surface area contributed by atoms with Gasteiger partial charge in [0, 0.05) is 13.0 Å². The maximum absolute atomic E-state index is 11.1. The topological polar surface area (TPSA) is 44.8 Å². The van der Waals surface area contributed by atoms with Crippen LogP contribution in [-0.4, -0.2) is 40.0 Å². The van der Waals surface area contributed by atoms with E-state index in [9.17, 15) is 4.79 Å². The van der Waals surface area contributed by atoms with Crippen LogP contribution in [0.1, 0.15) is 33.6 Å². The second-order valence-corrected chi connectivity index (χ2v) is 5.93. The highest BCUT2D eigenvalue weighted by Gasteiger charge is 2.51. The van der Waals surface area contributed by atoms with Crippen LogP contribution in [0.25, 0.3) is 0 Å². The van der Waals surface area contributed by atoms with E-state index in [0.717, 1.165) is 19.1 Å². The molecule has 4 heteroatoms. The first kappa shape index (κ1) is 15.6. The van der Waals surface area contributed by atoms with Gasteiger partial charge >= 0.3 is 0 Å². The van der Waals surface area contributed by atoms with Crippen LogP contribution < -0.4 is 0 Å². The summed E-state index contributed by atoms with van der Waals surface area (Å²) in [5.41, 5.74) is 0.0322. The number of carbonyl (C=O) groups excluding carboxylic acids is 1. The molecule has 0 saturated heterocycles. The van der Waals surface area contributed by atoms with Gasteiger partial charge in [0.15, 0.2) is 0 Å². The summed E-state index contributed by atoms with van der Waals surface area (Å²) in [4.78, 5) is 11.1. The molecule has 0 bridgehead atoms. The molecule has 1 saturated carbocycles. The quantitative estimate of drug-likeness (QED) is 0.380. The van der Waals surface area contributed by atoms with Crippen molar-refractivity contribution < 1.29 is 19.0 Å². The molecule has 0 aromatic rings. The summed E-state index contributed by atoms with van der Waals surface area (Å²) in [6.45, 7) is 8.58. The standard InChI is InChI=1S/C14H26O4/c1-13(2)12(9-15)5-6-14(13,3)10-18-11-17-8-7-16-4/h9,12H,5-8,10-11H2,1-4H3/t12-,14?/m1/s1. The highest BCUT2D eigenvalue weighted by atomic mass is 16.7. The molecule has 0 heterocycles. The molecule has 0 aromatic heterocycles. The molecule has 0 spiro atoms. The van der Waals surface area contributed by atoms with Crippen LogP contribution in [0.3, 0.4) is 0 Å². The number of hydrogen-bond acceptors (Lipinski definition) is 4. The van der Waals surface area contributed by atoms with Crippen molar-refractivity contribution in [2.75, 3.05) is 33.7 Å².